The molecule has 2 aromatic heterocycles. The molecule has 0 aliphatic rings. The average molecular weight is 178 g/mol. The molecule has 5 heteroatoms. The Bertz CT molecular complexity index is 398. The van der Waals surface area contributed by atoms with Crippen molar-refractivity contribution in [2.24, 2.45) is 0 Å². The van der Waals surface area contributed by atoms with E-state index in [4.69, 9.17) is 5.11 Å². The van der Waals surface area contributed by atoms with Gasteiger partial charge in [-0.1, -0.05) is 0 Å². The number of nitrogens with zero attached hydrogens (tertiary/aromatic N) is 2. The summed E-state index contributed by atoms with van der Waals surface area (Å²) in [5.41, 5.74) is 1.69. The van der Waals surface area contributed by atoms with Crippen molar-refractivity contribution in [1.29, 1.82) is 0 Å². The molecule has 0 spiro atoms. The molecule has 0 atom stereocenters. The number of aromatic nitrogens is 3. The number of aliphatic hydroxyl groups excluding tert-OH is 1. The lowest BCUT2D eigenvalue weighted by Gasteiger charge is -1.97. The zero-order valence-corrected chi connectivity index (χ0v) is 6.99. The summed E-state index contributed by atoms with van der Waals surface area (Å²) in [6.07, 6.45) is 1.71. The van der Waals surface area contributed by atoms with Crippen molar-refractivity contribution in [3.63, 3.8) is 0 Å². The minimum absolute atomic E-state index is 0.0845. The zero-order chi connectivity index (χ0) is 9.10. The zero-order valence-electron chi connectivity index (χ0n) is 6.99. The van der Waals surface area contributed by atoms with Gasteiger partial charge in [0.15, 0.2) is 5.82 Å². The highest BCUT2D eigenvalue weighted by Crippen LogP contribution is 2.15. The summed E-state index contributed by atoms with van der Waals surface area (Å²) < 4.78 is 0. The topological polar surface area (TPSA) is 73.8 Å². The van der Waals surface area contributed by atoms with Crippen molar-refractivity contribution in [3.8, 4) is 0 Å². The van der Waals surface area contributed by atoms with Gasteiger partial charge in [-0.25, -0.2) is 0 Å². The summed E-state index contributed by atoms with van der Waals surface area (Å²) in [4.78, 5) is 4.16. The SMILES string of the molecule is OCCNc1n[nH]c2cccnc12. The number of hydrogen-bond donors (Lipinski definition) is 3. The van der Waals surface area contributed by atoms with Crippen LogP contribution in [-0.2, 0) is 0 Å². The molecule has 13 heavy (non-hydrogen) atoms. The van der Waals surface area contributed by atoms with Crippen molar-refractivity contribution in [2.75, 3.05) is 18.5 Å². The van der Waals surface area contributed by atoms with Crippen LogP contribution in [0.2, 0.25) is 0 Å². The second-order valence-corrected chi connectivity index (χ2v) is 2.62. The Kier molecular flexibility index (Phi) is 2.09. The molecule has 0 aliphatic heterocycles. The van der Waals surface area contributed by atoms with Crippen molar-refractivity contribution < 1.29 is 5.11 Å². The standard InChI is InChI=1S/C8H10N4O/c13-5-4-10-8-7-6(11-12-8)2-1-3-9-7/h1-3,13H,4-5H2,(H2,10,11,12). The highest BCUT2D eigenvalue weighted by molar-refractivity contribution is 5.85. The molecule has 0 unspecified atom stereocenters. The van der Waals surface area contributed by atoms with E-state index in [9.17, 15) is 0 Å². The molecule has 5 nitrogen and oxygen atoms in total. The molecular formula is C8H10N4O. The van der Waals surface area contributed by atoms with Crippen LogP contribution in [0.25, 0.3) is 11.0 Å². The van der Waals surface area contributed by atoms with Gasteiger partial charge >= 0.3 is 0 Å². The number of fused-ring (bicyclic) bond motifs is 1. The van der Waals surface area contributed by atoms with E-state index in [2.05, 4.69) is 20.5 Å². The normalized spacial score (nSPS) is 10.5. The first-order valence-electron chi connectivity index (χ1n) is 4.05. The number of anilines is 1. The first-order valence-corrected chi connectivity index (χ1v) is 4.05. The smallest absolute Gasteiger partial charge is 0.174 e. The largest absolute Gasteiger partial charge is 0.395 e. The molecule has 0 aromatic carbocycles. The molecule has 0 fully saturated rings. The number of aromatic amines is 1. The Balaban J connectivity index is 2.35. The molecule has 2 heterocycles. The molecule has 2 aromatic rings. The Morgan fingerprint density at radius 1 is 1.54 bits per heavy atom. The van der Waals surface area contributed by atoms with Crippen LogP contribution in [0.15, 0.2) is 18.3 Å². The number of aliphatic hydroxyl groups is 1. The highest BCUT2D eigenvalue weighted by atomic mass is 16.3. The van der Waals surface area contributed by atoms with Crippen molar-refractivity contribution in [1.82, 2.24) is 15.2 Å². The third kappa shape index (κ3) is 1.46. The molecule has 68 valence electrons. The monoisotopic (exact) mass is 178 g/mol. The third-order valence-electron chi connectivity index (χ3n) is 1.72. The molecule has 0 radical (unpaired) electrons. The fourth-order valence-electron chi connectivity index (χ4n) is 1.15. The maximum absolute atomic E-state index is 8.62. The maximum atomic E-state index is 8.62. The number of H-pyrrole nitrogens is 1. The van der Waals surface area contributed by atoms with E-state index in [0.29, 0.717) is 12.4 Å². The summed E-state index contributed by atoms with van der Waals surface area (Å²) in [5.74, 6) is 0.685. The van der Waals surface area contributed by atoms with E-state index in [-0.39, 0.29) is 6.61 Å². The van der Waals surface area contributed by atoms with Gasteiger partial charge in [0.2, 0.25) is 0 Å². The van der Waals surface area contributed by atoms with Crippen LogP contribution >= 0.6 is 0 Å². The van der Waals surface area contributed by atoms with E-state index in [1.54, 1.807) is 6.20 Å². The second kappa shape index (κ2) is 3.40. The quantitative estimate of drug-likeness (QED) is 0.634. The van der Waals surface area contributed by atoms with Gasteiger partial charge in [-0.05, 0) is 12.1 Å². The molecule has 0 aliphatic carbocycles. The summed E-state index contributed by atoms with van der Waals surface area (Å²) >= 11 is 0. The van der Waals surface area contributed by atoms with E-state index < -0.39 is 0 Å². The van der Waals surface area contributed by atoms with Gasteiger partial charge in [0.1, 0.15) is 5.52 Å². The molecule has 2 rings (SSSR count). The van der Waals surface area contributed by atoms with Crippen LogP contribution in [0.4, 0.5) is 5.82 Å². The Morgan fingerprint density at radius 2 is 2.46 bits per heavy atom. The van der Waals surface area contributed by atoms with Crippen LogP contribution in [0.3, 0.4) is 0 Å². The van der Waals surface area contributed by atoms with Crippen LogP contribution in [-0.4, -0.2) is 33.4 Å². The number of rotatable bonds is 3. The fourth-order valence-corrected chi connectivity index (χ4v) is 1.15. The third-order valence-corrected chi connectivity index (χ3v) is 1.72. The lowest BCUT2D eigenvalue weighted by atomic mass is 10.4. The van der Waals surface area contributed by atoms with Crippen LogP contribution < -0.4 is 5.32 Å². The van der Waals surface area contributed by atoms with Gasteiger partial charge in [0.25, 0.3) is 0 Å². The lowest BCUT2D eigenvalue weighted by molar-refractivity contribution is 0.311. The van der Waals surface area contributed by atoms with Crippen molar-refractivity contribution >= 4 is 16.9 Å². The van der Waals surface area contributed by atoms with Gasteiger partial charge in [0.05, 0.1) is 12.1 Å². The predicted octanol–water partition coefficient (Wildman–Crippen LogP) is 0.362. The van der Waals surface area contributed by atoms with E-state index >= 15 is 0 Å². The van der Waals surface area contributed by atoms with Crippen LogP contribution in [0, 0.1) is 0 Å². The summed E-state index contributed by atoms with van der Waals surface area (Å²) in [7, 11) is 0. The molecule has 0 saturated carbocycles. The minimum Gasteiger partial charge on any atom is -0.395 e. The van der Waals surface area contributed by atoms with Gasteiger partial charge in [0, 0.05) is 12.7 Å². The number of nitrogens with one attached hydrogen (secondary N) is 2. The maximum Gasteiger partial charge on any atom is 0.174 e. The minimum atomic E-state index is 0.0845. The number of hydrogen-bond acceptors (Lipinski definition) is 4. The van der Waals surface area contributed by atoms with Gasteiger partial charge < -0.3 is 10.4 Å². The summed E-state index contributed by atoms with van der Waals surface area (Å²) in [6.45, 7) is 0.567. The Labute approximate surface area is 74.8 Å². The van der Waals surface area contributed by atoms with Gasteiger partial charge in [-0.2, -0.15) is 5.10 Å². The molecule has 3 N–H and O–H groups in total. The highest BCUT2D eigenvalue weighted by Gasteiger charge is 2.03. The van der Waals surface area contributed by atoms with Crippen molar-refractivity contribution in [2.45, 2.75) is 0 Å². The first-order chi connectivity index (χ1) is 6.42. The van der Waals surface area contributed by atoms with E-state index in [1.165, 1.54) is 0 Å². The Hall–Kier alpha value is -1.62. The summed E-state index contributed by atoms with van der Waals surface area (Å²) in [6, 6.07) is 3.75. The molecule has 0 saturated heterocycles. The van der Waals surface area contributed by atoms with Gasteiger partial charge in [-0.3, -0.25) is 10.1 Å². The van der Waals surface area contributed by atoms with E-state index in [0.717, 1.165) is 11.0 Å². The van der Waals surface area contributed by atoms with Crippen LogP contribution in [0.1, 0.15) is 0 Å². The predicted molar refractivity (Wildman–Crippen MR) is 49.5 cm³/mol. The Morgan fingerprint density at radius 3 is 3.31 bits per heavy atom. The van der Waals surface area contributed by atoms with E-state index in [1.807, 2.05) is 12.1 Å². The average Bonchev–Trinajstić information content (AvgIpc) is 2.58. The number of pyridine rings is 1. The summed E-state index contributed by atoms with van der Waals surface area (Å²) in [5, 5.41) is 18.4. The lowest BCUT2D eigenvalue weighted by Crippen LogP contribution is -2.05. The molecule has 0 amide bonds. The molecule has 0 bridgehead atoms. The van der Waals surface area contributed by atoms with Crippen molar-refractivity contribution in [3.05, 3.63) is 18.3 Å². The first kappa shape index (κ1) is 8.00. The molecular weight excluding hydrogens is 168 g/mol. The second-order valence-electron chi connectivity index (χ2n) is 2.62. The fraction of sp³-hybridized carbons (Fsp3) is 0.250. The van der Waals surface area contributed by atoms with Gasteiger partial charge in [-0.15, -0.1) is 0 Å². The van der Waals surface area contributed by atoms with Crippen LogP contribution in [0.5, 0.6) is 0 Å².